The quantitative estimate of drug-likeness (QED) is 0.192. The third-order valence-corrected chi connectivity index (χ3v) is 6.24. The summed E-state index contributed by atoms with van der Waals surface area (Å²) in [7, 11) is 0. The molecule has 0 fully saturated rings. The van der Waals surface area contributed by atoms with Crippen molar-refractivity contribution in [3.63, 3.8) is 0 Å². The number of aryl methyl sites for hydroxylation is 1. The summed E-state index contributed by atoms with van der Waals surface area (Å²) in [5.74, 6) is 0. The van der Waals surface area contributed by atoms with Gasteiger partial charge in [-0.25, -0.2) is 0 Å². The van der Waals surface area contributed by atoms with Crippen LogP contribution in [0.3, 0.4) is 0 Å². The third-order valence-electron chi connectivity index (χ3n) is 6.24. The average Bonchev–Trinajstić information content (AvgIpc) is 3.09. The predicted molar refractivity (Wildman–Crippen MR) is 179 cm³/mol. The van der Waals surface area contributed by atoms with Crippen LogP contribution in [-0.2, 0) is 20.1 Å². The van der Waals surface area contributed by atoms with Crippen LogP contribution in [0.25, 0.3) is 33.9 Å². The summed E-state index contributed by atoms with van der Waals surface area (Å²) in [4.78, 5) is 21.5. The number of hydrogen-bond acceptors (Lipinski definition) is 6. The fourth-order valence-corrected chi connectivity index (χ4v) is 3.77. The molecular weight excluding hydrogens is 768 g/mol. The Morgan fingerprint density at radius 1 is 0.630 bits per heavy atom. The zero-order chi connectivity index (χ0) is 31.0. The molecule has 0 aliphatic heterocycles. The molecule has 6 nitrogen and oxygen atoms in total. The maximum Gasteiger partial charge on any atom is 0.0892 e. The van der Waals surface area contributed by atoms with E-state index in [2.05, 4.69) is 37.1 Å². The first-order valence-corrected chi connectivity index (χ1v) is 14.1. The molecule has 0 spiro atoms. The summed E-state index contributed by atoms with van der Waals surface area (Å²) in [5.41, 5.74) is 15.1. The molecule has 6 rings (SSSR count). The molecule has 0 aliphatic carbocycles. The van der Waals surface area contributed by atoms with E-state index in [-0.39, 0.29) is 32.5 Å². The van der Waals surface area contributed by atoms with Gasteiger partial charge in [-0.3, -0.25) is 15.0 Å². The molecule has 4 heterocycles. The van der Waals surface area contributed by atoms with Crippen molar-refractivity contribution < 1.29 is 32.5 Å². The number of aliphatic imine (C=N–C) groups is 1. The van der Waals surface area contributed by atoms with Gasteiger partial charge in [0, 0.05) is 56.8 Å². The van der Waals surface area contributed by atoms with Gasteiger partial charge in [-0.05, 0) is 79.7 Å². The van der Waals surface area contributed by atoms with Crippen LogP contribution in [0, 0.1) is 19.1 Å². The fourth-order valence-electron chi connectivity index (χ4n) is 3.77. The van der Waals surface area contributed by atoms with E-state index in [1.807, 2.05) is 130 Å². The minimum absolute atomic E-state index is 0. The van der Waals surface area contributed by atoms with E-state index in [0.29, 0.717) is 0 Å². The smallest absolute Gasteiger partial charge is 0.0892 e. The van der Waals surface area contributed by atoms with E-state index in [1.54, 1.807) is 31.0 Å². The van der Waals surface area contributed by atoms with E-state index in [4.69, 9.17) is 5.73 Å². The Morgan fingerprint density at radius 3 is 1.59 bits per heavy atom. The van der Waals surface area contributed by atoms with Gasteiger partial charge < -0.3 is 28.1 Å². The SMILES string of the molecule is C/C(N)=C(\C)N=Cc1ccnc(-c2cc(C)ccn2)c1.[Cl-].[Ir].[c-]1ccccc1-c1ccccn1.[c-]1ccccc1-c1ccccn1. The van der Waals surface area contributed by atoms with Gasteiger partial charge in [0.15, 0.2) is 0 Å². The second kappa shape index (κ2) is 20.3. The van der Waals surface area contributed by atoms with Crippen LogP contribution in [0.5, 0.6) is 0 Å². The Morgan fingerprint density at radius 2 is 1.13 bits per heavy atom. The number of benzene rings is 2. The van der Waals surface area contributed by atoms with Crippen molar-refractivity contribution in [2.75, 3.05) is 0 Å². The van der Waals surface area contributed by atoms with Crippen molar-refractivity contribution in [3.05, 3.63) is 169 Å². The largest absolute Gasteiger partial charge is 1.00 e. The molecular formula is C38H34ClIrN6-3. The Labute approximate surface area is 291 Å². The number of pyridine rings is 4. The molecule has 2 N–H and O–H groups in total. The van der Waals surface area contributed by atoms with E-state index >= 15 is 0 Å². The zero-order valence-corrected chi connectivity index (χ0v) is 29.0. The van der Waals surface area contributed by atoms with Gasteiger partial charge in [0.2, 0.25) is 0 Å². The Kier molecular flexibility index (Phi) is 16.5. The van der Waals surface area contributed by atoms with Crippen molar-refractivity contribution in [1.29, 1.82) is 0 Å². The third kappa shape index (κ3) is 12.3. The van der Waals surface area contributed by atoms with Crippen LogP contribution in [0.4, 0.5) is 0 Å². The number of allylic oxidation sites excluding steroid dienone is 2. The number of hydrogen-bond donors (Lipinski definition) is 1. The summed E-state index contributed by atoms with van der Waals surface area (Å²) in [5, 5.41) is 0. The molecule has 0 saturated heterocycles. The predicted octanol–water partition coefficient (Wildman–Crippen LogP) is 5.18. The number of aromatic nitrogens is 4. The van der Waals surface area contributed by atoms with Crippen LogP contribution in [-0.4, -0.2) is 26.2 Å². The molecule has 0 bridgehead atoms. The Hall–Kier alpha value is -4.81. The minimum atomic E-state index is 0. The van der Waals surface area contributed by atoms with Crippen LogP contribution >= 0.6 is 0 Å². The molecule has 0 aliphatic rings. The summed E-state index contributed by atoms with van der Waals surface area (Å²) >= 11 is 0. The maximum atomic E-state index is 5.68. The molecule has 1 radical (unpaired) electrons. The minimum Gasteiger partial charge on any atom is -1.00 e. The summed E-state index contributed by atoms with van der Waals surface area (Å²) in [6.07, 6.45) is 8.91. The van der Waals surface area contributed by atoms with Crippen molar-refractivity contribution in [3.8, 4) is 33.9 Å². The topological polar surface area (TPSA) is 89.9 Å². The molecule has 235 valence electrons. The van der Waals surface area contributed by atoms with Gasteiger partial charge >= 0.3 is 0 Å². The molecule has 2 aromatic carbocycles. The van der Waals surface area contributed by atoms with Gasteiger partial charge in [-0.1, -0.05) is 24.3 Å². The zero-order valence-electron chi connectivity index (χ0n) is 25.8. The molecule has 0 amide bonds. The van der Waals surface area contributed by atoms with Gasteiger partial charge in [-0.15, -0.1) is 71.8 Å². The molecule has 0 atom stereocenters. The fraction of sp³-hybridized carbons (Fsp3) is 0.0789. The standard InChI is InChI=1S/C16H18N4.2C11H8N.ClH.Ir/c1-11-4-6-18-15(8-11)16-9-14(5-7-19-16)10-20-13(3)12(2)17;2*1-2-6-10(7-3-1)11-8-4-5-9-12-11;;/h4-10H,17H2,1-3H3;2*1-6,8-9H;1H;/q;2*-1;;/p-1/b13-12-,20-10?;;;;. The average molecular weight is 802 g/mol. The maximum absolute atomic E-state index is 5.68. The second-order valence-electron chi connectivity index (χ2n) is 9.70. The molecule has 46 heavy (non-hydrogen) atoms. The molecule has 8 heteroatoms. The Bertz CT molecular complexity index is 1630. The van der Waals surface area contributed by atoms with Crippen molar-refractivity contribution in [2.45, 2.75) is 20.8 Å². The van der Waals surface area contributed by atoms with Crippen molar-refractivity contribution in [1.82, 2.24) is 19.9 Å². The second-order valence-corrected chi connectivity index (χ2v) is 9.70. The van der Waals surface area contributed by atoms with Crippen LogP contribution in [0.15, 0.2) is 150 Å². The molecule has 0 unspecified atom stereocenters. The monoisotopic (exact) mass is 802 g/mol. The summed E-state index contributed by atoms with van der Waals surface area (Å²) < 4.78 is 0. The summed E-state index contributed by atoms with van der Waals surface area (Å²) in [6.45, 7) is 5.76. The van der Waals surface area contributed by atoms with Gasteiger partial charge in [0.05, 0.1) is 17.1 Å². The molecule has 6 aromatic rings. The first-order valence-electron chi connectivity index (χ1n) is 14.1. The van der Waals surface area contributed by atoms with Crippen molar-refractivity contribution >= 4 is 6.21 Å². The van der Waals surface area contributed by atoms with Gasteiger partial charge in [-0.2, -0.15) is 0 Å². The first kappa shape index (κ1) is 37.4. The van der Waals surface area contributed by atoms with Crippen molar-refractivity contribution in [2.24, 2.45) is 10.7 Å². The van der Waals surface area contributed by atoms with E-state index in [0.717, 1.165) is 56.4 Å². The molecule has 4 aromatic heterocycles. The van der Waals surface area contributed by atoms with E-state index in [9.17, 15) is 0 Å². The van der Waals surface area contributed by atoms with Gasteiger partial charge in [0.1, 0.15) is 0 Å². The number of nitrogens with two attached hydrogens (primary N) is 1. The normalized spacial score (nSPS) is 10.5. The number of rotatable bonds is 5. The van der Waals surface area contributed by atoms with E-state index < -0.39 is 0 Å². The van der Waals surface area contributed by atoms with E-state index in [1.165, 1.54) is 0 Å². The number of halogens is 1. The van der Waals surface area contributed by atoms with Crippen LogP contribution in [0.2, 0.25) is 0 Å². The Balaban J connectivity index is 0.000000246. The summed E-state index contributed by atoms with van der Waals surface area (Å²) in [6, 6.07) is 41.5. The number of nitrogens with zero attached hydrogens (tertiary/aromatic N) is 5. The van der Waals surface area contributed by atoms with Crippen LogP contribution in [0.1, 0.15) is 25.0 Å². The first-order chi connectivity index (χ1) is 21.5. The van der Waals surface area contributed by atoms with Crippen LogP contribution < -0.4 is 18.1 Å². The van der Waals surface area contributed by atoms with Gasteiger partial charge in [0.25, 0.3) is 0 Å². The molecule has 0 saturated carbocycles.